The first-order valence-electron chi connectivity index (χ1n) is 7.86. The second-order valence-corrected chi connectivity index (χ2v) is 6.60. The Morgan fingerprint density at radius 1 is 1.19 bits per heavy atom. The van der Waals surface area contributed by atoms with Crippen LogP contribution in [0.25, 0.3) is 22.4 Å². The average molecular weight is 380 g/mol. The van der Waals surface area contributed by atoms with E-state index in [-0.39, 0.29) is 11.2 Å². The number of hydrogen-bond donors (Lipinski definition) is 0. The first kappa shape index (κ1) is 16.9. The Kier molecular flexibility index (Phi) is 4.13. The molecule has 2 heterocycles. The van der Waals surface area contributed by atoms with E-state index in [1.165, 1.54) is 16.7 Å². The summed E-state index contributed by atoms with van der Waals surface area (Å²) in [5.41, 5.74) is 0.699. The van der Waals surface area contributed by atoms with Crippen LogP contribution in [0.3, 0.4) is 0 Å². The van der Waals surface area contributed by atoms with Crippen LogP contribution in [0.15, 0.2) is 53.3 Å². The van der Waals surface area contributed by atoms with Crippen molar-refractivity contribution in [2.75, 3.05) is 7.11 Å². The van der Waals surface area contributed by atoms with Gasteiger partial charge >= 0.3 is 0 Å². The van der Waals surface area contributed by atoms with Gasteiger partial charge in [0.1, 0.15) is 5.75 Å². The van der Waals surface area contributed by atoms with Crippen LogP contribution in [-0.4, -0.2) is 26.6 Å². The zero-order valence-electron chi connectivity index (χ0n) is 14.0. The van der Waals surface area contributed by atoms with E-state index in [9.17, 15) is 14.9 Å². The van der Waals surface area contributed by atoms with Crippen LogP contribution in [0.5, 0.6) is 5.75 Å². The predicted molar refractivity (Wildman–Crippen MR) is 101 cm³/mol. The molecule has 0 radical (unpaired) electrons. The van der Waals surface area contributed by atoms with Gasteiger partial charge in [-0.3, -0.25) is 14.9 Å². The van der Waals surface area contributed by atoms with Gasteiger partial charge in [0.15, 0.2) is 5.82 Å². The minimum Gasteiger partial charge on any atom is -0.497 e. The molecule has 8 nitrogen and oxygen atoms in total. The molecule has 2 aromatic heterocycles. The maximum atomic E-state index is 12.6. The van der Waals surface area contributed by atoms with Crippen LogP contribution >= 0.6 is 11.3 Å². The molecule has 0 atom stereocenters. The van der Waals surface area contributed by atoms with Crippen molar-refractivity contribution in [3.05, 3.63) is 79.1 Å². The highest BCUT2D eigenvalue weighted by Crippen LogP contribution is 2.21. The van der Waals surface area contributed by atoms with E-state index in [2.05, 4.69) is 10.1 Å². The Hall–Kier alpha value is -3.59. The van der Waals surface area contributed by atoms with Crippen molar-refractivity contribution in [2.24, 2.45) is 0 Å². The summed E-state index contributed by atoms with van der Waals surface area (Å²) < 4.78 is 6.67. The quantitative estimate of drug-likeness (QED) is 0.398. The summed E-state index contributed by atoms with van der Waals surface area (Å²) in [6, 6.07) is 13.4. The monoisotopic (exact) mass is 380 g/mol. The summed E-state index contributed by atoms with van der Waals surface area (Å²) in [6.45, 7) is 0. The zero-order valence-corrected chi connectivity index (χ0v) is 14.8. The van der Waals surface area contributed by atoms with Gasteiger partial charge in [-0.1, -0.05) is 23.5 Å². The van der Waals surface area contributed by atoms with E-state index in [0.717, 1.165) is 16.9 Å². The van der Waals surface area contributed by atoms with Crippen LogP contribution in [0, 0.1) is 10.1 Å². The van der Waals surface area contributed by atoms with E-state index in [0.29, 0.717) is 26.6 Å². The number of para-hydroxylation sites is 1. The van der Waals surface area contributed by atoms with Crippen molar-refractivity contribution < 1.29 is 9.66 Å². The van der Waals surface area contributed by atoms with Crippen LogP contribution in [-0.2, 0) is 0 Å². The number of aromatic nitrogens is 3. The van der Waals surface area contributed by atoms with Gasteiger partial charge in [-0.25, -0.2) is 0 Å². The standard InChI is InChI=1S/C18H12N4O4S/c1-26-13-8-6-11(7-9-13)16-19-18-21(20-16)17(23)15(27-18)10-12-4-2-3-5-14(12)22(24)25/h2-10H,1H3/b15-10-. The lowest BCUT2D eigenvalue weighted by Crippen LogP contribution is -2.23. The summed E-state index contributed by atoms with van der Waals surface area (Å²) in [4.78, 5) is 28.1. The summed E-state index contributed by atoms with van der Waals surface area (Å²) >= 11 is 1.14. The molecule has 0 fully saturated rings. The number of thiazole rings is 1. The fourth-order valence-electron chi connectivity index (χ4n) is 2.61. The lowest BCUT2D eigenvalue weighted by atomic mass is 10.2. The number of nitrogens with zero attached hydrogens (tertiary/aromatic N) is 4. The molecular formula is C18H12N4O4S. The van der Waals surface area contributed by atoms with Gasteiger partial charge in [0.05, 0.1) is 22.1 Å². The normalized spacial score (nSPS) is 11.8. The number of hydrogen-bond acceptors (Lipinski definition) is 7. The SMILES string of the molecule is COc1ccc(-c2nc3s/c(=C\c4ccccc4[N+](=O)[O-])c(=O)n3n2)cc1. The van der Waals surface area contributed by atoms with Gasteiger partial charge in [-0.15, -0.1) is 5.10 Å². The van der Waals surface area contributed by atoms with Crippen molar-refractivity contribution in [2.45, 2.75) is 0 Å². The molecule has 0 N–H and O–H groups in total. The number of ether oxygens (including phenoxy) is 1. The topological polar surface area (TPSA) is 99.6 Å². The Bertz CT molecular complexity index is 1260. The Balaban J connectivity index is 1.79. The molecule has 9 heteroatoms. The average Bonchev–Trinajstić information content (AvgIpc) is 3.22. The predicted octanol–water partition coefficient (Wildman–Crippen LogP) is 2.28. The Labute approximate surface area is 156 Å². The van der Waals surface area contributed by atoms with Gasteiger partial charge in [0.25, 0.3) is 11.2 Å². The van der Waals surface area contributed by atoms with E-state index in [4.69, 9.17) is 4.74 Å². The van der Waals surface area contributed by atoms with Gasteiger partial charge < -0.3 is 4.74 Å². The van der Waals surface area contributed by atoms with Gasteiger partial charge in [-0.05, 0) is 36.4 Å². The largest absolute Gasteiger partial charge is 0.497 e. The molecule has 0 amide bonds. The minimum absolute atomic E-state index is 0.0604. The molecule has 4 aromatic rings. The van der Waals surface area contributed by atoms with Gasteiger partial charge in [0, 0.05) is 11.6 Å². The third-order valence-corrected chi connectivity index (χ3v) is 4.91. The number of methoxy groups -OCH3 is 1. The van der Waals surface area contributed by atoms with E-state index in [1.807, 2.05) is 12.1 Å². The number of rotatable bonds is 4. The highest BCUT2D eigenvalue weighted by molar-refractivity contribution is 7.15. The third kappa shape index (κ3) is 3.04. The van der Waals surface area contributed by atoms with Crippen LogP contribution in [0.1, 0.15) is 5.56 Å². The highest BCUT2D eigenvalue weighted by atomic mass is 32.1. The molecule has 0 saturated carbocycles. The van der Waals surface area contributed by atoms with Gasteiger partial charge in [-0.2, -0.15) is 9.50 Å². The number of nitro benzene ring substituents is 1. The summed E-state index contributed by atoms with van der Waals surface area (Å²) in [5.74, 6) is 1.14. The molecule has 2 aromatic carbocycles. The van der Waals surface area contributed by atoms with Crippen LogP contribution < -0.4 is 14.8 Å². The van der Waals surface area contributed by atoms with Gasteiger partial charge in [0.2, 0.25) is 4.96 Å². The maximum absolute atomic E-state index is 12.6. The molecular weight excluding hydrogens is 368 g/mol. The number of nitro groups is 1. The van der Waals surface area contributed by atoms with Crippen LogP contribution in [0.2, 0.25) is 0 Å². The minimum atomic E-state index is -0.477. The maximum Gasteiger partial charge on any atom is 0.291 e. The van der Waals surface area contributed by atoms with Crippen molar-refractivity contribution in [3.63, 3.8) is 0 Å². The first-order valence-corrected chi connectivity index (χ1v) is 8.67. The summed E-state index contributed by atoms with van der Waals surface area (Å²) in [5, 5.41) is 15.4. The van der Waals surface area contributed by atoms with E-state index >= 15 is 0 Å². The fourth-order valence-corrected chi connectivity index (χ4v) is 3.51. The van der Waals surface area contributed by atoms with Crippen molar-refractivity contribution in [1.82, 2.24) is 14.6 Å². The lowest BCUT2D eigenvalue weighted by Gasteiger charge is -1.99. The number of fused-ring (bicyclic) bond motifs is 1. The van der Waals surface area contributed by atoms with Crippen molar-refractivity contribution in [3.8, 4) is 17.1 Å². The fraction of sp³-hybridized carbons (Fsp3) is 0.0556. The van der Waals surface area contributed by atoms with Crippen LogP contribution in [0.4, 0.5) is 5.69 Å². The lowest BCUT2D eigenvalue weighted by molar-refractivity contribution is -0.385. The smallest absolute Gasteiger partial charge is 0.291 e. The first-order chi connectivity index (χ1) is 13.1. The molecule has 0 aliphatic carbocycles. The Morgan fingerprint density at radius 2 is 1.93 bits per heavy atom. The van der Waals surface area contributed by atoms with Crippen molar-refractivity contribution >= 4 is 28.1 Å². The second kappa shape index (κ2) is 6.61. The third-order valence-electron chi connectivity index (χ3n) is 3.95. The molecule has 0 spiro atoms. The highest BCUT2D eigenvalue weighted by Gasteiger charge is 2.14. The molecule has 0 aliphatic heterocycles. The number of benzene rings is 2. The molecule has 0 saturated heterocycles. The molecule has 27 heavy (non-hydrogen) atoms. The summed E-state index contributed by atoms with van der Waals surface area (Å²) in [6.07, 6.45) is 1.49. The van der Waals surface area contributed by atoms with Crippen molar-refractivity contribution in [1.29, 1.82) is 0 Å². The second-order valence-electron chi connectivity index (χ2n) is 5.59. The molecule has 4 rings (SSSR count). The van der Waals surface area contributed by atoms with E-state index < -0.39 is 4.92 Å². The zero-order chi connectivity index (χ0) is 19.0. The molecule has 0 aliphatic rings. The molecule has 0 unspecified atom stereocenters. The summed E-state index contributed by atoms with van der Waals surface area (Å²) in [7, 11) is 1.58. The molecule has 134 valence electrons. The van der Waals surface area contributed by atoms with E-state index in [1.54, 1.807) is 37.4 Å². The molecule has 0 bridgehead atoms. The Morgan fingerprint density at radius 3 is 2.59 bits per heavy atom.